The molecule has 3 rings (SSSR count). The summed E-state index contributed by atoms with van der Waals surface area (Å²) in [6, 6.07) is 3.53. The minimum Gasteiger partial charge on any atom is -0.469 e. The Morgan fingerprint density at radius 1 is 1.52 bits per heavy atom. The SMILES string of the molecule is Cc1nc([C@@H]2CN([C@@H](C)C(=O)N[C@@H](C)Cc3ccco3)CCO2)n[nH]1. The van der Waals surface area contributed by atoms with E-state index in [1.54, 1.807) is 6.26 Å². The first-order chi connectivity index (χ1) is 12.0. The highest BCUT2D eigenvalue weighted by molar-refractivity contribution is 5.81. The zero-order chi connectivity index (χ0) is 17.8. The van der Waals surface area contributed by atoms with Gasteiger partial charge in [-0.1, -0.05) is 0 Å². The molecular formula is C17H25N5O3. The molecule has 0 spiro atoms. The number of H-pyrrole nitrogens is 1. The average molecular weight is 347 g/mol. The smallest absolute Gasteiger partial charge is 0.237 e. The second kappa shape index (κ2) is 7.79. The van der Waals surface area contributed by atoms with E-state index in [4.69, 9.17) is 9.15 Å². The number of ether oxygens (including phenoxy) is 1. The van der Waals surface area contributed by atoms with Crippen molar-refractivity contribution < 1.29 is 13.9 Å². The minimum atomic E-state index is -0.245. The molecule has 1 aliphatic heterocycles. The standard InChI is InChI=1S/C17H25N5O3/c1-11(9-14-5-4-7-24-14)18-17(23)12(2)22-6-8-25-15(10-22)16-19-13(3)20-21-16/h4-5,7,11-12,15H,6,8-10H2,1-3H3,(H,18,23)(H,19,20,21)/t11-,12-,15-/m0/s1. The maximum absolute atomic E-state index is 12.6. The number of amides is 1. The molecule has 3 heterocycles. The van der Waals surface area contributed by atoms with E-state index in [2.05, 4.69) is 25.4 Å². The van der Waals surface area contributed by atoms with E-state index in [1.807, 2.05) is 32.9 Å². The number of aryl methyl sites for hydroxylation is 1. The van der Waals surface area contributed by atoms with Crippen LogP contribution >= 0.6 is 0 Å². The monoisotopic (exact) mass is 347 g/mol. The minimum absolute atomic E-state index is 0.00544. The Morgan fingerprint density at radius 3 is 3.04 bits per heavy atom. The Bertz CT molecular complexity index is 684. The molecule has 2 aromatic rings. The zero-order valence-corrected chi connectivity index (χ0v) is 14.9. The van der Waals surface area contributed by atoms with Crippen LogP contribution in [0.3, 0.4) is 0 Å². The molecule has 0 saturated carbocycles. The van der Waals surface area contributed by atoms with Crippen LogP contribution in [0.1, 0.15) is 37.4 Å². The van der Waals surface area contributed by atoms with Crippen LogP contribution < -0.4 is 5.32 Å². The number of furan rings is 1. The number of aromatic nitrogens is 3. The third-order valence-electron chi connectivity index (χ3n) is 4.40. The van der Waals surface area contributed by atoms with Gasteiger partial charge in [0.1, 0.15) is 17.7 Å². The first kappa shape index (κ1) is 17.6. The van der Waals surface area contributed by atoms with Gasteiger partial charge >= 0.3 is 0 Å². The highest BCUT2D eigenvalue weighted by Gasteiger charge is 2.31. The summed E-state index contributed by atoms with van der Waals surface area (Å²) in [6.07, 6.45) is 2.10. The van der Waals surface area contributed by atoms with E-state index in [0.717, 1.165) is 11.6 Å². The van der Waals surface area contributed by atoms with E-state index in [1.165, 1.54) is 0 Å². The maximum Gasteiger partial charge on any atom is 0.237 e. The summed E-state index contributed by atoms with van der Waals surface area (Å²) >= 11 is 0. The van der Waals surface area contributed by atoms with Crippen molar-refractivity contribution in [3.05, 3.63) is 35.8 Å². The Balaban J connectivity index is 1.54. The molecule has 3 atom stereocenters. The third-order valence-corrected chi connectivity index (χ3v) is 4.40. The predicted octanol–water partition coefficient (Wildman–Crippen LogP) is 1.22. The Labute approximate surface area is 146 Å². The van der Waals surface area contributed by atoms with Crippen molar-refractivity contribution in [1.29, 1.82) is 0 Å². The van der Waals surface area contributed by atoms with Gasteiger partial charge in [0, 0.05) is 25.6 Å². The lowest BCUT2D eigenvalue weighted by atomic mass is 10.1. The molecule has 0 bridgehead atoms. The molecule has 2 aromatic heterocycles. The lowest BCUT2D eigenvalue weighted by Gasteiger charge is -2.35. The third kappa shape index (κ3) is 4.46. The molecule has 1 amide bonds. The molecule has 0 unspecified atom stereocenters. The van der Waals surface area contributed by atoms with Crippen LogP contribution in [-0.2, 0) is 16.0 Å². The van der Waals surface area contributed by atoms with Crippen molar-refractivity contribution in [1.82, 2.24) is 25.4 Å². The van der Waals surface area contributed by atoms with Gasteiger partial charge in [-0.05, 0) is 32.9 Å². The van der Waals surface area contributed by atoms with Gasteiger partial charge in [0.15, 0.2) is 5.82 Å². The fourth-order valence-corrected chi connectivity index (χ4v) is 2.99. The van der Waals surface area contributed by atoms with Gasteiger partial charge in [0.25, 0.3) is 0 Å². The molecule has 8 nitrogen and oxygen atoms in total. The molecule has 1 fully saturated rings. The number of aromatic amines is 1. The van der Waals surface area contributed by atoms with Gasteiger partial charge in [-0.2, -0.15) is 5.10 Å². The second-order valence-electron chi connectivity index (χ2n) is 6.50. The van der Waals surface area contributed by atoms with E-state index in [-0.39, 0.29) is 24.1 Å². The van der Waals surface area contributed by atoms with Crippen LogP contribution in [0, 0.1) is 6.92 Å². The molecule has 8 heteroatoms. The maximum atomic E-state index is 12.6. The molecule has 0 aromatic carbocycles. The van der Waals surface area contributed by atoms with Crippen molar-refractivity contribution in [3.63, 3.8) is 0 Å². The van der Waals surface area contributed by atoms with Crippen molar-refractivity contribution in [2.75, 3.05) is 19.7 Å². The summed E-state index contributed by atoms with van der Waals surface area (Å²) in [4.78, 5) is 19.0. The first-order valence-corrected chi connectivity index (χ1v) is 8.60. The number of carbonyl (C=O) groups is 1. The lowest BCUT2D eigenvalue weighted by Crippen LogP contribution is -2.52. The summed E-state index contributed by atoms with van der Waals surface area (Å²) in [6.45, 7) is 7.61. The van der Waals surface area contributed by atoms with E-state index in [0.29, 0.717) is 31.9 Å². The molecule has 0 aliphatic carbocycles. The highest BCUT2D eigenvalue weighted by Crippen LogP contribution is 2.20. The Kier molecular flexibility index (Phi) is 5.50. The largest absolute Gasteiger partial charge is 0.469 e. The fraction of sp³-hybridized carbons (Fsp3) is 0.588. The number of hydrogen-bond donors (Lipinski definition) is 2. The van der Waals surface area contributed by atoms with Crippen LogP contribution in [0.15, 0.2) is 22.8 Å². The van der Waals surface area contributed by atoms with Crippen molar-refractivity contribution in [3.8, 4) is 0 Å². The van der Waals surface area contributed by atoms with Gasteiger partial charge in [0.2, 0.25) is 5.91 Å². The lowest BCUT2D eigenvalue weighted by molar-refractivity contribution is -0.130. The molecule has 1 aliphatic rings. The highest BCUT2D eigenvalue weighted by atomic mass is 16.5. The molecule has 1 saturated heterocycles. The molecule has 25 heavy (non-hydrogen) atoms. The van der Waals surface area contributed by atoms with Gasteiger partial charge in [-0.25, -0.2) is 4.98 Å². The second-order valence-corrected chi connectivity index (χ2v) is 6.50. The van der Waals surface area contributed by atoms with Crippen molar-refractivity contribution in [2.24, 2.45) is 0 Å². The van der Waals surface area contributed by atoms with Gasteiger partial charge in [0.05, 0.1) is 18.9 Å². The number of morpholine rings is 1. The first-order valence-electron chi connectivity index (χ1n) is 8.60. The molecule has 136 valence electrons. The van der Waals surface area contributed by atoms with Gasteiger partial charge < -0.3 is 14.5 Å². The van der Waals surface area contributed by atoms with Gasteiger partial charge in [-0.3, -0.25) is 14.8 Å². The summed E-state index contributed by atoms with van der Waals surface area (Å²) in [5.74, 6) is 2.27. The van der Waals surface area contributed by atoms with Crippen LogP contribution in [0.25, 0.3) is 0 Å². The summed E-state index contributed by atoms with van der Waals surface area (Å²) < 4.78 is 11.1. The van der Waals surface area contributed by atoms with E-state index in [9.17, 15) is 4.79 Å². The number of nitrogens with one attached hydrogen (secondary N) is 2. The van der Waals surface area contributed by atoms with E-state index < -0.39 is 0 Å². The number of nitrogens with zero attached hydrogens (tertiary/aromatic N) is 3. The fourth-order valence-electron chi connectivity index (χ4n) is 2.99. The van der Waals surface area contributed by atoms with Crippen LogP contribution in [0.5, 0.6) is 0 Å². The van der Waals surface area contributed by atoms with Gasteiger partial charge in [-0.15, -0.1) is 0 Å². The summed E-state index contributed by atoms with van der Waals surface area (Å²) in [5, 5.41) is 10.1. The van der Waals surface area contributed by atoms with Crippen LogP contribution in [-0.4, -0.2) is 57.8 Å². The average Bonchev–Trinajstić information content (AvgIpc) is 3.25. The molecule has 2 N–H and O–H groups in total. The number of rotatable bonds is 6. The van der Waals surface area contributed by atoms with Crippen molar-refractivity contribution >= 4 is 5.91 Å². The zero-order valence-electron chi connectivity index (χ0n) is 14.9. The topological polar surface area (TPSA) is 96.3 Å². The normalized spacial score (nSPS) is 21.0. The van der Waals surface area contributed by atoms with Crippen LogP contribution in [0.2, 0.25) is 0 Å². The van der Waals surface area contributed by atoms with E-state index >= 15 is 0 Å². The molecular weight excluding hydrogens is 322 g/mol. The molecule has 0 radical (unpaired) electrons. The summed E-state index contributed by atoms with van der Waals surface area (Å²) in [7, 11) is 0. The van der Waals surface area contributed by atoms with Crippen molar-refractivity contribution in [2.45, 2.75) is 45.4 Å². The van der Waals surface area contributed by atoms with Crippen LogP contribution in [0.4, 0.5) is 0 Å². The Hall–Kier alpha value is -2.19. The quantitative estimate of drug-likeness (QED) is 0.815. The predicted molar refractivity (Wildman–Crippen MR) is 90.9 cm³/mol. The Morgan fingerprint density at radius 2 is 2.36 bits per heavy atom. The summed E-state index contributed by atoms with van der Waals surface area (Å²) in [5.41, 5.74) is 0. The number of carbonyl (C=O) groups excluding carboxylic acids is 1. The number of hydrogen-bond acceptors (Lipinski definition) is 6.